The van der Waals surface area contributed by atoms with Gasteiger partial charge in [0.2, 0.25) is 0 Å². The van der Waals surface area contributed by atoms with Crippen molar-refractivity contribution in [3.05, 3.63) is 71.8 Å². The number of aliphatic hydroxyl groups is 1. The molecule has 1 unspecified atom stereocenters. The molecule has 0 aliphatic heterocycles. The Morgan fingerprint density at radius 3 is 2.43 bits per heavy atom. The van der Waals surface area contributed by atoms with Gasteiger partial charge in [0.1, 0.15) is 5.75 Å². The first kappa shape index (κ1) is 15.0. The molecule has 0 amide bonds. The van der Waals surface area contributed by atoms with E-state index in [4.69, 9.17) is 4.74 Å². The fourth-order valence-corrected chi connectivity index (χ4v) is 1.77. The maximum Gasteiger partial charge on any atom is 0.197 e. The molecule has 0 saturated carbocycles. The van der Waals surface area contributed by atoms with E-state index in [0.717, 1.165) is 5.56 Å². The average molecular weight is 282 g/mol. The van der Waals surface area contributed by atoms with Crippen molar-refractivity contribution in [2.75, 3.05) is 0 Å². The molecule has 0 bridgehead atoms. The molecule has 3 nitrogen and oxygen atoms in total. The Bertz CT molecular complexity index is 600. The number of allylic oxidation sites excluding steroid dienone is 1. The van der Waals surface area contributed by atoms with Gasteiger partial charge in [-0.05, 0) is 23.8 Å². The second-order valence-electron chi connectivity index (χ2n) is 4.61. The molecule has 3 heteroatoms. The number of hydrogen-bond acceptors (Lipinski definition) is 3. The van der Waals surface area contributed by atoms with Crippen LogP contribution in [0, 0.1) is 0 Å². The number of carbonyl (C=O) groups is 1. The van der Waals surface area contributed by atoms with Gasteiger partial charge in [-0.2, -0.15) is 0 Å². The van der Waals surface area contributed by atoms with Crippen molar-refractivity contribution >= 4 is 11.9 Å². The maximum absolute atomic E-state index is 11.9. The third kappa shape index (κ3) is 4.58. The second-order valence-corrected chi connectivity index (χ2v) is 4.61. The first-order chi connectivity index (χ1) is 10.2. The lowest BCUT2D eigenvalue weighted by Gasteiger charge is -2.10. The topological polar surface area (TPSA) is 46.5 Å². The van der Waals surface area contributed by atoms with Gasteiger partial charge in [-0.25, -0.2) is 0 Å². The monoisotopic (exact) mass is 282 g/mol. The van der Waals surface area contributed by atoms with E-state index in [2.05, 4.69) is 0 Å². The predicted molar refractivity (Wildman–Crippen MR) is 83.2 cm³/mol. The summed E-state index contributed by atoms with van der Waals surface area (Å²) in [6.07, 6.45) is 3.06. The van der Waals surface area contributed by atoms with Gasteiger partial charge in [-0.3, -0.25) is 4.79 Å². The Labute approximate surface area is 124 Å². The highest BCUT2D eigenvalue weighted by molar-refractivity contribution is 6.06. The number of benzene rings is 2. The predicted octanol–water partition coefficient (Wildman–Crippen LogP) is 3.69. The highest BCUT2D eigenvalue weighted by Gasteiger charge is 2.02. The zero-order chi connectivity index (χ0) is 15.1. The van der Waals surface area contributed by atoms with Gasteiger partial charge in [0.25, 0.3) is 0 Å². The van der Waals surface area contributed by atoms with Crippen molar-refractivity contribution in [3.8, 4) is 5.75 Å². The number of aliphatic hydroxyl groups excluding tert-OH is 1. The molecule has 0 spiro atoms. The van der Waals surface area contributed by atoms with Crippen LogP contribution in [0.5, 0.6) is 5.75 Å². The van der Waals surface area contributed by atoms with E-state index in [1.54, 1.807) is 36.4 Å². The molecule has 2 rings (SSSR count). The zero-order valence-corrected chi connectivity index (χ0v) is 11.9. The Morgan fingerprint density at radius 1 is 1.14 bits per heavy atom. The molecule has 1 atom stereocenters. The summed E-state index contributed by atoms with van der Waals surface area (Å²) >= 11 is 0. The highest BCUT2D eigenvalue weighted by atomic mass is 16.6. The molecule has 0 saturated heterocycles. The number of ketones is 1. The third-order valence-electron chi connectivity index (χ3n) is 2.99. The summed E-state index contributed by atoms with van der Waals surface area (Å²) in [4.78, 5) is 11.9. The van der Waals surface area contributed by atoms with Crippen LogP contribution in [0.4, 0.5) is 0 Å². The molecule has 1 N–H and O–H groups in total. The van der Waals surface area contributed by atoms with E-state index >= 15 is 0 Å². The van der Waals surface area contributed by atoms with E-state index in [1.807, 2.05) is 37.3 Å². The molecule has 0 heterocycles. The average Bonchev–Trinajstić information content (AvgIpc) is 2.54. The van der Waals surface area contributed by atoms with E-state index in [-0.39, 0.29) is 5.78 Å². The van der Waals surface area contributed by atoms with Gasteiger partial charge in [0.15, 0.2) is 12.1 Å². The van der Waals surface area contributed by atoms with Crippen LogP contribution >= 0.6 is 0 Å². The van der Waals surface area contributed by atoms with E-state index in [0.29, 0.717) is 17.7 Å². The summed E-state index contributed by atoms with van der Waals surface area (Å²) in [7, 11) is 0. The molecular formula is C18H18O3. The lowest BCUT2D eigenvalue weighted by atomic mass is 10.1. The number of carbonyl (C=O) groups excluding carboxylic acids is 1. The molecule has 2 aromatic rings. The van der Waals surface area contributed by atoms with Gasteiger partial charge in [-0.15, -0.1) is 0 Å². The summed E-state index contributed by atoms with van der Waals surface area (Å²) in [5, 5.41) is 9.40. The molecular weight excluding hydrogens is 264 g/mol. The van der Waals surface area contributed by atoms with Crippen LogP contribution in [0.3, 0.4) is 0 Å². The van der Waals surface area contributed by atoms with Crippen molar-refractivity contribution in [1.82, 2.24) is 0 Å². The Balaban J connectivity index is 2.00. The molecule has 0 aliphatic carbocycles. The largest absolute Gasteiger partial charge is 0.465 e. The lowest BCUT2D eigenvalue weighted by Crippen LogP contribution is -2.13. The summed E-state index contributed by atoms with van der Waals surface area (Å²) in [5.74, 6) is 0.577. The minimum atomic E-state index is -0.786. The first-order valence-electron chi connectivity index (χ1n) is 6.91. The van der Waals surface area contributed by atoms with Crippen LogP contribution in [-0.4, -0.2) is 17.2 Å². The van der Waals surface area contributed by atoms with Crippen molar-refractivity contribution in [2.24, 2.45) is 0 Å². The number of ether oxygens (including phenoxy) is 1. The Morgan fingerprint density at radius 2 is 1.81 bits per heavy atom. The van der Waals surface area contributed by atoms with Crippen LogP contribution in [0.2, 0.25) is 0 Å². The zero-order valence-electron chi connectivity index (χ0n) is 11.9. The summed E-state index contributed by atoms with van der Waals surface area (Å²) < 4.78 is 5.28. The minimum Gasteiger partial charge on any atom is -0.465 e. The SMILES string of the molecule is CCC(O)Oc1ccc(C=CC(=O)c2ccccc2)cc1. The fraction of sp³-hybridized carbons (Fsp3) is 0.167. The highest BCUT2D eigenvalue weighted by Crippen LogP contribution is 2.15. The smallest absolute Gasteiger partial charge is 0.197 e. The first-order valence-corrected chi connectivity index (χ1v) is 6.91. The van der Waals surface area contributed by atoms with Crippen LogP contribution in [0.15, 0.2) is 60.7 Å². The minimum absolute atomic E-state index is 0.0302. The van der Waals surface area contributed by atoms with Crippen LogP contribution in [-0.2, 0) is 0 Å². The molecule has 0 fully saturated rings. The van der Waals surface area contributed by atoms with Gasteiger partial charge in [0, 0.05) is 12.0 Å². The molecule has 0 aromatic heterocycles. The molecule has 2 aromatic carbocycles. The van der Waals surface area contributed by atoms with Crippen molar-refractivity contribution in [2.45, 2.75) is 19.6 Å². The number of rotatable bonds is 6. The van der Waals surface area contributed by atoms with Gasteiger partial charge in [-0.1, -0.05) is 55.5 Å². The normalized spacial score (nSPS) is 12.3. The van der Waals surface area contributed by atoms with Crippen LogP contribution in [0.1, 0.15) is 29.3 Å². The molecule has 0 aliphatic rings. The summed E-state index contributed by atoms with van der Waals surface area (Å²) in [5.41, 5.74) is 1.57. The lowest BCUT2D eigenvalue weighted by molar-refractivity contribution is -0.0191. The Hall–Kier alpha value is -2.39. The molecule has 0 radical (unpaired) electrons. The van der Waals surface area contributed by atoms with E-state index < -0.39 is 6.29 Å². The third-order valence-corrected chi connectivity index (χ3v) is 2.99. The summed E-state index contributed by atoms with van der Waals surface area (Å²) in [6, 6.07) is 16.4. The quantitative estimate of drug-likeness (QED) is 0.499. The summed E-state index contributed by atoms with van der Waals surface area (Å²) in [6.45, 7) is 1.84. The molecule has 21 heavy (non-hydrogen) atoms. The van der Waals surface area contributed by atoms with Crippen molar-refractivity contribution < 1.29 is 14.6 Å². The van der Waals surface area contributed by atoms with E-state index in [1.165, 1.54) is 0 Å². The number of hydrogen-bond donors (Lipinski definition) is 1. The van der Waals surface area contributed by atoms with Gasteiger partial charge in [0.05, 0.1) is 0 Å². The fourth-order valence-electron chi connectivity index (χ4n) is 1.77. The van der Waals surface area contributed by atoms with Crippen LogP contribution in [0.25, 0.3) is 6.08 Å². The Kier molecular flexibility index (Phi) is 5.29. The van der Waals surface area contributed by atoms with Gasteiger partial charge < -0.3 is 9.84 Å². The van der Waals surface area contributed by atoms with Crippen LogP contribution < -0.4 is 4.74 Å². The van der Waals surface area contributed by atoms with Crippen molar-refractivity contribution in [3.63, 3.8) is 0 Å². The van der Waals surface area contributed by atoms with Gasteiger partial charge >= 0.3 is 0 Å². The van der Waals surface area contributed by atoms with E-state index in [9.17, 15) is 9.90 Å². The standard InChI is InChI=1S/C18H18O3/c1-2-18(20)21-16-11-8-14(9-12-16)10-13-17(19)15-6-4-3-5-7-15/h3-13,18,20H,2H2,1H3. The molecule has 108 valence electrons. The maximum atomic E-state index is 11.9. The second kappa shape index (κ2) is 7.41. The van der Waals surface area contributed by atoms with Crippen molar-refractivity contribution in [1.29, 1.82) is 0 Å².